The van der Waals surface area contributed by atoms with E-state index >= 15 is 0 Å². The van der Waals surface area contributed by atoms with E-state index in [2.05, 4.69) is 41.5 Å². The molecule has 0 aromatic rings. The van der Waals surface area contributed by atoms with Crippen molar-refractivity contribution < 1.29 is 9.53 Å². The Morgan fingerprint density at radius 1 is 0.811 bits per heavy atom. The minimum Gasteiger partial charge on any atom is -0.462 e. The Labute approximate surface area is 230 Å². The fourth-order valence-electron chi connectivity index (χ4n) is 10.5. The summed E-state index contributed by atoms with van der Waals surface area (Å²) in [5.74, 6) is 6.37. The molecule has 0 N–H and O–H groups in total. The molecule has 9 atom stereocenters. The molecule has 0 spiro atoms. The molecule has 214 valence electrons. The molecule has 2 nitrogen and oxygen atoms in total. The smallest absolute Gasteiger partial charge is 0.306 e. The summed E-state index contributed by atoms with van der Waals surface area (Å²) < 4.78 is 6.06. The highest BCUT2D eigenvalue weighted by Gasteiger charge is 2.60. The Balaban J connectivity index is 1.31. The van der Waals surface area contributed by atoms with E-state index in [9.17, 15) is 4.79 Å². The van der Waals surface area contributed by atoms with E-state index < -0.39 is 0 Å². The quantitative estimate of drug-likeness (QED) is 0.191. The van der Waals surface area contributed by atoms with Crippen molar-refractivity contribution in [2.24, 2.45) is 52.3 Å². The summed E-state index contributed by atoms with van der Waals surface area (Å²) in [7, 11) is 0. The lowest BCUT2D eigenvalue weighted by Gasteiger charge is -2.61. The van der Waals surface area contributed by atoms with Crippen LogP contribution in [0.15, 0.2) is 0 Å². The number of fused-ring (bicyclic) bond motifs is 5. The maximum absolute atomic E-state index is 12.5. The normalized spacial score (nSPS) is 40.1. The second-order valence-corrected chi connectivity index (χ2v) is 15.2. The number of unbranched alkanes of at least 4 members (excludes halogenated alkanes) is 4. The maximum Gasteiger partial charge on any atom is 0.306 e. The monoisotopic (exact) mass is 514 g/mol. The third-order valence-electron chi connectivity index (χ3n) is 12.6. The summed E-state index contributed by atoms with van der Waals surface area (Å²) in [6.45, 7) is 15.0. The van der Waals surface area contributed by atoms with Gasteiger partial charge in [-0.05, 0) is 116 Å². The van der Waals surface area contributed by atoms with Crippen molar-refractivity contribution in [3.63, 3.8) is 0 Å². The van der Waals surface area contributed by atoms with E-state index in [1.54, 1.807) is 0 Å². The molecule has 4 saturated carbocycles. The second-order valence-electron chi connectivity index (χ2n) is 15.2. The number of hydrogen-bond acceptors (Lipinski definition) is 2. The molecule has 0 aliphatic heterocycles. The molecule has 4 aliphatic carbocycles. The Bertz CT molecular complexity index is 729. The second kappa shape index (κ2) is 12.8. The molecular formula is C35H62O2. The number of carbonyl (C=O) groups is 1. The maximum atomic E-state index is 12.5. The molecule has 4 aliphatic rings. The first-order valence-electron chi connectivity index (χ1n) is 16.9. The molecule has 0 amide bonds. The SMILES string of the molecule is CCCCCCCC(=O)OC1CC[C@@]2(C)C(CC[C@H]3[C@@H]4CC[C@H]([C@H](C)CCCC(C)C)[C@@]4(C)CC[C@@H]32)C1. The van der Waals surface area contributed by atoms with Crippen LogP contribution < -0.4 is 0 Å². The minimum absolute atomic E-state index is 0.0757. The van der Waals surface area contributed by atoms with Crippen molar-refractivity contribution in [1.82, 2.24) is 0 Å². The van der Waals surface area contributed by atoms with E-state index in [1.807, 2.05) is 0 Å². The van der Waals surface area contributed by atoms with Gasteiger partial charge in [0.1, 0.15) is 6.10 Å². The molecular weight excluding hydrogens is 452 g/mol. The first-order chi connectivity index (χ1) is 17.7. The van der Waals surface area contributed by atoms with E-state index in [1.165, 1.54) is 89.9 Å². The summed E-state index contributed by atoms with van der Waals surface area (Å²) in [5.41, 5.74) is 1.07. The highest BCUT2D eigenvalue weighted by atomic mass is 16.5. The van der Waals surface area contributed by atoms with Crippen LogP contribution in [0.4, 0.5) is 0 Å². The van der Waals surface area contributed by atoms with Crippen LogP contribution in [-0.2, 0) is 9.53 Å². The summed E-state index contributed by atoms with van der Waals surface area (Å²) >= 11 is 0. The van der Waals surface area contributed by atoms with Crippen molar-refractivity contribution in [3.05, 3.63) is 0 Å². The van der Waals surface area contributed by atoms with Gasteiger partial charge < -0.3 is 4.74 Å². The van der Waals surface area contributed by atoms with Gasteiger partial charge in [-0.1, -0.05) is 86.5 Å². The van der Waals surface area contributed by atoms with Crippen LogP contribution >= 0.6 is 0 Å². The van der Waals surface area contributed by atoms with Gasteiger partial charge in [-0.25, -0.2) is 0 Å². The zero-order chi connectivity index (χ0) is 26.6. The molecule has 0 aromatic carbocycles. The summed E-state index contributed by atoms with van der Waals surface area (Å²) in [4.78, 5) is 12.5. The van der Waals surface area contributed by atoms with E-state index in [0.29, 0.717) is 17.3 Å². The van der Waals surface area contributed by atoms with Gasteiger partial charge in [-0.15, -0.1) is 0 Å². The number of carbonyl (C=O) groups excluding carboxylic acids is 1. The summed E-state index contributed by atoms with van der Waals surface area (Å²) in [5, 5.41) is 0. The highest BCUT2D eigenvalue weighted by molar-refractivity contribution is 5.69. The molecule has 0 radical (unpaired) electrons. The predicted octanol–water partition coefficient (Wildman–Crippen LogP) is 10.4. The Morgan fingerprint density at radius 3 is 2.30 bits per heavy atom. The first-order valence-corrected chi connectivity index (χ1v) is 16.9. The third kappa shape index (κ3) is 6.45. The lowest BCUT2D eigenvalue weighted by atomic mass is 9.44. The average Bonchev–Trinajstić information content (AvgIpc) is 3.21. The predicted molar refractivity (Wildman–Crippen MR) is 156 cm³/mol. The van der Waals surface area contributed by atoms with Gasteiger partial charge in [0.05, 0.1) is 0 Å². The summed E-state index contributed by atoms with van der Waals surface area (Å²) in [6, 6.07) is 0. The molecule has 0 bridgehead atoms. The Kier molecular flexibility index (Phi) is 10.2. The van der Waals surface area contributed by atoms with Gasteiger partial charge in [-0.3, -0.25) is 4.79 Å². The van der Waals surface area contributed by atoms with Crippen LogP contribution in [0.25, 0.3) is 0 Å². The van der Waals surface area contributed by atoms with Crippen molar-refractivity contribution in [2.75, 3.05) is 0 Å². The van der Waals surface area contributed by atoms with Gasteiger partial charge in [0.15, 0.2) is 0 Å². The zero-order valence-electron chi connectivity index (χ0n) is 25.7. The van der Waals surface area contributed by atoms with Crippen molar-refractivity contribution >= 4 is 5.97 Å². The van der Waals surface area contributed by atoms with Gasteiger partial charge in [0.25, 0.3) is 0 Å². The molecule has 2 heteroatoms. The number of hydrogen-bond donors (Lipinski definition) is 0. The summed E-state index contributed by atoms with van der Waals surface area (Å²) in [6.07, 6.45) is 23.3. The van der Waals surface area contributed by atoms with E-state index in [-0.39, 0.29) is 12.1 Å². The topological polar surface area (TPSA) is 26.3 Å². The first kappa shape index (κ1) is 29.5. The van der Waals surface area contributed by atoms with Crippen LogP contribution in [0.3, 0.4) is 0 Å². The molecule has 2 unspecified atom stereocenters. The van der Waals surface area contributed by atoms with Crippen LogP contribution in [0.2, 0.25) is 0 Å². The zero-order valence-corrected chi connectivity index (χ0v) is 25.7. The van der Waals surface area contributed by atoms with Gasteiger partial charge in [-0.2, -0.15) is 0 Å². The molecule has 0 saturated heterocycles. The lowest BCUT2D eigenvalue weighted by Crippen LogP contribution is -2.54. The molecule has 0 aromatic heterocycles. The number of ether oxygens (including phenoxy) is 1. The fourth-order valence-corrected chi connectivity index (χ4v) is 10.5. The average molecular weight is 515 g/mol. The van der Waals surface area contributed by atoms with Crippen molar-refractivity contribution in [2.45, 2.75) is 163 Å². The highest BCUT2D eigenvalue weighted by Crippen LogP contribution is 2.68. The molecule has 4 rings (SSSR count). The standard InChI is InChI=1S/C35H62O2/c1-7-8-9-10-11-15-33(36)37-28-20-22-34(5)27(24-28)16-17-29-31-19-18-30(26(4)14-12-13-25(2)3)35(31,6)23-21-32(29)34/h25-32H,7-24H2,1-6H3/t26-,27?,28?,29+,30-,31+,32+,34+,35-/m1/s1. The molecule has 4 fully saturated rings. The number of rotatable bonds is 12. The van der Waals surface area contributed by atoms with Crippen LogP contribution in [-0.4, -0.2) is 12.1 Å². The van der Waals surface area contributed by atoms with Gasteiger partial charge >= 0.3 is 5.97 Å². The largest absolute Gasteiger partial charge is 0.462 e. The van der Waals surface area contributed by atoms with Crippen LogP contribution in [0, 0.1) is 52.3 Å². The fraction of sp³-hybridized carbons (Fsp3) is 0.971. The molecule has 0 heterocycles. The van der Waals surface area contributed by atoms with Crippen LogP contribution in [0.5, 0.6) is 0 Å². The van der Waals surface area contributed by atoms with E-state index in [0.717, 1.165) is 60.7 Å². The van der Waals surface area contributed by atoms with Crippen molar-refractivity contribution in [3.8, 4) is 0 Å². The van der Waals surface area contributed by atoms with Crippen molar-refractivity contribution in [1.29, 1.82) is 0 Å². The lowest BCUT2D eigenvalue weighted by molar-refractivity contribution is -0.162. The number of esters is 1. The van der Waals surface area contributed by atoms with Gasteiger partial charge in [0, 0.05) is 6.42 Å². The van der Waals surface area contributed by atoms with Gasteiger partial charge in [0.2, 0.25) is 0 Å². The Morgan fingerprint density at radius 2 is 1.54 bits per heavy atom. The third-order valence-corrected chi connectivity index (χ3v) is 12.6. The minimum atomic E-state index is 0.0757. The van der Waals surface area contributed by atoms with Crippen LogP contribution in [0.1, 0.15) is 157 Å². The molecule has 37 heavy (non-hydrogen) atoms. The Hall–Kier alpha value is -0.530. The van der Waals surface area contributed by atoms with E-state index in [4.69, 9.17) is 4.74 Å².